The number of nitrogens with zero attached hydrogens (tertiary/aromatic N) is 1. The fourth-order valence-electron chi connectivity index (χ4n) is 2.50. The Morgan fingerprint density at radius 2 is 2.20 bits per heavy atom. The topological polar surface area (TPSA) is 72.2 Å². The van der Waals surface area contributed by atoms with Gasteiger partial charge in [0.15, 0.2) is 0 Å². The molecule has 1 N–H and O–H groups in total. The highest BCUT2D eigenvalue weighted by Crippen LogP contribution is 2.43. The molecule has 0 radical (unpaired) electrons. The molecule has 0 aromatic heterocycles. The standard InChI is InChI=1S/C14H17IN2O3/c1-2-14(6-3-7-14)9-16-13(18)11-8-10(17(19)20)4-5-12(11)15/h4-5,8H,2-3,6-7,9H2,1H3,(H,16,18). The van der Waals surface area contributed by atoms with Crippen molar-refractivity contribution in [3.63, 3.8) is 0 Å². The van der Waals surface area contributed by atoms with E-state index in [9.17, 15) is 14.9 Å². The molecule has 6 heteroatoms. The second kappa shape index (κ2) is 6.07. The number of nitro groups is 1. The lowest BCUT2D eigenvalue weighted by molar-refractivity contribution is -0.384. The van der Waals surface area contributed by atoms with E-state index in [4.69, 9.17) is 0 Å². The van der Waals surface area contributed by atoms with Crippen LogP contribution in [-0.4, -0.2) is 17.4 Å². The Balaban J connectivity index is 2.09. The molecular weight excluding hydrogens is 371 g/mol. The molecule has 0 heterocycles. The van der Waals surface area contributed by atoms with Crippen LogP contribution in [0.15, 0.2) is 18.2 Å². The number of hydrogen-bond acceptors (Lipinski definition) is 3. The van der Waals surface area contributed by atoms with Gasteiger partial charge in [0.1, 0.15) is 0 Å². The Bertz CT molecular complexity index is 536. The third-order valence-corrected chi connectivity index (χ3v) is 5.13. The van der Waals surface area contributed by atoms with Gasteiger partial charge in [0.05, 0.1) is 10.5 Å². The molecule has 1 aliphatic carbocycles. The molecule has 1 aromatic rings. The predicted molar refractivity (Wildman–Crippen MR) is 84.7 cm³/mol. The van der Waals surface area contributed by atoms with E-state index in [2.05, 4.69) is 12.2 Å². The van der Waals surface area contributed by atoms with Gasteiger partial charge in [0.25, 0.3) is 11.6 Å². The van der Waals surface area contributed by atoms with Crippen LogP contribution in [0.3, 0.4) is 0 Å². The quantitative estimate of drug-likeness (QED) is 0.477. The van der Waals surface area contributed by atoms with Gasteiger partial charge in [-0.1, -0.05) is 13.3 Å². The molecule has 0 spiro atoms. The fourth-order valence-corrected chi connectivity index (χ4v) is 3.08. The predicted octanol–water partition coefficient (Wildman–Crippen LogP) is 3.51. The average Bonchev–Trinajstić information content (AvgIpc) is 2.38. The lowest BCUT2D eigenvalue weighted by Gasteiger charge is -2.41. The number of hydrogen-bond donors (Lipinski definition) is 1. The van der Waals surface area contributed by atoms with E-state index in [1.54, 1.807) is 6.07 Å². The van der Waals surface area contributed by atoms with Gasteiger partial charge in [-0.15, -0.1) is 0 Å². The van der Waals surface area contributed by atoms with Gasteiger partial charge in [-0.25, -0.2) is 0 Å². The Hall–Kier alpha value is -1.18. The monoisotopic (exact) mass is 388 g/mol. The van der Waals surface area contributed by atoms with Crippen LogP contribution in [0.2, 0.25) is 0 Å². The summed E-state index contributed by atoms with van der Waals surface area (Å²) in [6.45, 7) is 2.80. The highest BCUT2D eigenvalue weighted by molar-refractivity contribution is 14.1. The van der Waals surface area contributed by atoms with E-state index in [0.717, 1.165) is 22.8 Å². The molecule has 1 saturated carbocycles. The van der Waals surface area contributed by atoms with Gasteiger partial charge >= 0.3 is 0 Å². The highest BCUT2D eigenvalue weighted by Gasteiger charge is 2.35. The summed E-state index contributed by atoms with van der Waals surface area (Å²) in [4.78, 5) is 22.5. The average molecular weight is 388 g/mol. The number of carbonyl (C=O) groups is 1. The lowest BCUT2D eigenvalue weighted by Crippen LogP contribution is -2.41. The van der Waals surface area contributed by atoms with Gasteiger partial charge in [-0.3, -0.25) is 14.9 Å². The van der Waals surface area contributed by atoms with Crippen molar-refractivity contribution in [3.8, 4) is 0 Å². The summed E-state index contributed by atoms with van der Waals surface area (Å²) in [6.07, 6.45) is 4.57. The minimum absolute atomic E-state index is 0.0515. The van der Waals surface area contributed by atoms with Crippen LogP contribution in [0.25, 0.3) is 0 Å². The normalized spacial score (nSPS) is 16.3. The van der Waals surface area contributed by atoms with Crippen molar-refractivity contribution >= 4 is 34.2 Å². The number of nitro benzene ring substituents is 1. The van der Waals surface area contributed by atoms with Crippen molar-refractivity contribution in [3.05, 3.63) is 37.4 Å². The van der Waals surface area contributed by atoms with E-state index >= 15 is 0 Å². The summed E-state index contributed by atoms with van der Waals surface area (Å²) in [6, 6.07) is 4.36. The van der Waals surface area contributed by atoms with Crippen molar-refractivity contribution in [1.82, 2.24) is 5.32 Å². The second-order valence-electron chi connectivity index (χ2n) is 5.31. The maximum absolute atomic E-state index is 12.2. The first-order valence-corrected chi connectivity index (χ1v) is 7.77. The Morgan fingerprint density at radius 3 is 2.70 bits per heavy atom. The Labute approximate surface area is 131 Å². The van der Waals surface area contributed by atoms with Crippen LogP contribution in [0.5, 0.6) is 0 Å². The van der Waals surface area contributed by atoms with Crippen molar-refractivity contribution < 1.29 is 9.72 Å². The molecule has 2 rings (SSSR count). The maximum atomic E-state index is 12.2. The number of carbonyl (C=O) groups excluding carboxylic acids is 1. The molecule has 1 fully saturated rings. The zero-order valence-corrected chi connectivity index (χ0v) is 13.5. The Kier molecular flexibility index (Phi) is 4.62. The number of non-ortho nitro benzene ring substituents is 1. The van der Waals surface area contributed by atoms with Gasteiger partial charge in [0.2, 0.25) is 0 Å². The highest BCUT2D eigenvalue weighted by atomic mass is 127. The molecular formula is C14H17IN2O3. The third kappa shape index (κ3) is 3.11. The van der Waals surface area contributed by atoms with E-state index < -0.39 is 4.92 Å². The van der Waals surface area contributed by atoms with E-state index in [-0.39, 0.29) is 17.0 Å². The summed E-state index contributed by atoms with van der Waals surface area (Å²) in [5, 5.41) is 13.7. The van der Waals surface area contributed by atoms with Crippen LogP contribution < -0.4 is 5.32 Å². The molecule has 1 aromatic carbocycles. The van der Waals surface area contributed by atoms with Crippen molar-refractivity contribution in [2.24, 2.45) is 5.41 Å². The molecule has 0 bridgehead atoms. The zero-order valence-electron chi connectivity index (χ0n) is 11.3. The smallest absolute Gasteiger partial charge is 0.270 e. The first-order valence-electron chi connectivity index (χ1n) is 6.69. The number of benzene rings is 1. The first kappa shape index (κ1) is 15.2. The molecule has 20 heavy (non-hydrogen) atoms. The number of rotatable bonds is 5. The lowest BCUT2D eigenvalue weighted by atomic mass is 9.67. The summed E-state index contributed by atoms with van der Waals surface area (Å²) in [5.41, 5.74) is 0.566. The SMILES string of the molecule is CCC1(CNC(=O)c2cc([N+](=O)[O-])ccc2I)CCC1. The molecule has 1 aliphatic rings. The van der Waals surface area contributed by atoms with Crippen molar-refractivity contribution in [1.29, 1.82) is 0 Å². The molecule has 0 unspecified atom stereocenters. The number of halogens is 1. The molecule has 108 valence electrons. The van der Waals surface area contributed by atoms with Gasteiger partial charge in [-0.05, 0) is 53.3 Å². The number of nitrogens with one attached hydrogen (secondary N) is 1. The maximum Gasteiger partial charge on any atom is 0.270 e. The van der Waals surface area contributed by atoms with Gasteiger partial charge in [0, 0.05) is 22.2 Å². The molecule has 0 saturated heterocycles. The summed E-state index contributed by atoms with van der Waals surface area (Å²) in [7, 11) is 0. The van der Waals surface area contributed by atoms with E-state index in [1.165, 1.54) is 18.6 Å². The minimum Gasteiger partial charge on any atom is -0.351 e. The van der Waals surface area contributed by atoms with Crippen LogP contribution >= 0.6 is 22.6 Å². The van der Waals surface area contributed by atoms with Crippen LogP contribution in [0.4, 0.5) is 5.69 Å². The summed E-state index contributed by atoms with van der Waals surface area (Å²) in [5.74, 6) is -0.224. The van der Waals surface area contributed by atoms with Gasteiger partial charge in [-0.2, -0.15) is 0 Å². The minimum atomic E-state index is -0.480. The van der Waals surface area contributed by atoms with Crippen LogP contribution in [0, 0.1) is 19.1 Å². The van der Waals surface area contributed by atoms with E-state index in [0.29, 0.717) is 12.1 Å². The van der Waals surface area contributed by atoms with Crippen LogP contribution in [0.1, 0.15) is 43.0 Å². The van der Waals surface area contributed by atoms with Crippen LogP contribution in [-0.2, 0) is 0 Å². The molecule has 0 aliphatic heterocycles. The third-order valence-electron chi connectivity index (χ3n) is 4.19. The molecule has 5 nitrogen and oxygen atoms in total. The van der Waals surface area contributed by atoms with Gasteiger partial charge < -0.3 is 5.32 Å². The molecule has 0 atom stereocenters. The summed E-state index contributed by atoms with van der Waals surface area (Å²) < 4.78 is 0.727. The Morgan fingerprint density at radius 1 is 1.50 bits per heavy atom. The van der Waals surface area contributed by atoms with Crippen molar-refractivity contribution in [2.45, 2.75) is 32.6 Å². The summed E-state index contributed by atoms with van der Waals surface area (Å²) >= 11 is 2.03. The first-order chi connectivity index (χ1) is 9.47. The molecule has 1 amide bonds. The number of amides is 1. The zero-order chi connectivity index (χ0) is 14.8. The second-order valence-corrected chi connectivity index (χ2v) is 6.47. The van der Waals surface area contributed by atoms with E-state index in [1.807, 2.05) is 22.6 Å². The van der Waals surface area contributed by atoms with Crippen molar-refractivity contribution in [2.75, 3.05) is 6.54 Å². The largest absolute Gasteiger partial charge is 0.351 e. The fraction of sp³-hybridized carbons (Fsp3) is 0.500.